The summed E-state index contributed by atoms with van der Waals surface area (Å²) in [6.07, 6.45) is 10.7. The number of likely N-dealkylation sites (tertiary alicyclic amines) is 2. The molecule has 34 heavy (non-hydrogen) atoms. The van der Waals surface area contributed by atoms with Crippen molar-refractivity contribution in [2.45, 2.75) is 72.8 Å². The van der Waals surface area contributed by atoms with E-state index >= 15 is 0 Å². The van der Waals surface area contributed by atoms with Crippen molar-refractivity contribution < 1.29 is 9.21 Å². The van der Waals surface area contributed by atoms with Gasteiger partial charge in [0.2, 0.25) is 11.8 Å². The van der Waals surface area contributed by atoms with Crippen molar-refractivity contribution in [3.8, 4) is 0 Å². The number of aromatic nitrogens is 1. The Bertz CT molecular complexity index is 884. The maximum absolute atomic E-state index is 12.7. The number of oxazole rings is 1. The van der Waals surface area contributed by atoms with Crippen molar-refractivity contribution in [3.63, 3.8) is 0 Å². The molecule has 6 heteroatoms. The highest BCUT2D eigenvalue weighted by Crippen LogP contribution is 2.28. The molecular formula is C28H44N4O2. The van der Waals surface area contributed by atoms with Crippen LogP contribution in [0.25, 0.3) is 5.57 Å². The molecule has 3 aliphatic rings. The van der Waals surface area contributed by atoms with Crippen LogP contribution < -0.4 is 5.32 Å². The summed E-state index contributed by atoms with van der Waals surface area (Å²) in [7, 11) is 0. The third-order valence-electron chi connectivity index (χ3n) is 7.68. The van der Waals surface area contributed by atoms with E-state index in [1.54, 1.807) is 0 Å². The van der Waals surface area contributed by atoms with Gasteiger partial charge in [0.05, 0.1) is 5.69 Å². The average Bonchev–Trinajstić information content (AvgIpc) is 3.16. The Balaban J connectivity index is 1.17. The predicted molar refractivity (Wildman–Crippen MR) is 137 cm³/mol. The fraction of sp³-hybridized carbons (Fsp3) is 0.714. The molecular weight excluding hydrogens is 424 g/mol. The summed E-state index contributed by atoms with van der Waals surface area (Å²) in [6, 6.07) is 0. The molecule has 1 amide bonds. The quantitative estimate of drug-likeness (QED) is 0.555. The molecule has 2 atom stereocenters. The number of nitrogens with zero attached hydrogens (tertiary/aromatic N) is 3. The van der Waals surface area contributed by atoms with Crippen molar-refractivity contribution in [1.29, 1.82) is 0 Å². The first kappa shape index (κ1) is 25.2. The third-order valence-corrected chi connectivity index (χ3v) is 7.68. The number of aryl methyl sites for hydroxylation is 1. The molecule has 0 saturated carbocycles. The Hall–Kier alpha value is -1.92. The van der Waals surface area contributed by atoms with E-state index in [9.17, 15) is 4.79 Å². The summed E-state index contributed by atoms with van der Waals surface area (Å²) >= 11 is 0. The van der Waals surface area contributed by atoms with Crippen molar-refractivity contribution in [2.75, 3.05) is 39.3 Å². The number of nitrogens with one attached hydrogen (secondary N) is 1. The van der Waals surface area contributed by atoms with Gasteiger partial charge in [-0.3, -0.25) is 9.69 Å². The van der Waals surface area contributed by atoms with E-state index in [1.165, 1.54) is 30.7 Å². The molecule has 0 unspecified atom stereocenters. The summed E-state index contributed by atoms with van der Waals surface area (Å²) in [4.78, 5) is 22.5. The fourth-order valence-electron chi connectivity index (χ4n) is 5.94. The van der Waals surface area contributed by atoms with Gasteiger partial charge in [-0.2, -0.15) is 0 Å². The predicted octanol–water partition coefficient (Wildman–Crippen LogP) is 4.80. The molecule has 2 saturated heterocycles. The van der Waals surface area contributed by atoms with Gasteiger partial charge in [-0.05, 0) is 83.8 Å². The van der Waals surface area contributed by atoms with Gasteiger partial charge in [-0.15, -0.1) is 0 Å². The highest BCUT2D eigenvalue weighted by Gasteiger charge is 2.26. The highest BCUT2D eigenvalue weighted by molar-refractivity contribution is 5.78. The Morgan fingerprint density at radius 2 is 1.88 bits per heavy atom. The lowest BCUT2D eigenvalue weighted by atomic mass is 9.92. The van der Waals surface area contributed by atoms with Gasteiger partial charge >= 0.3 is 0 Å². The standard InChI is InChI=1S/C28H44N4O2/c1-20-7-5-8-25(16-20)28-30-26(23(4)34-28)19-31-13-9-24(10-14-31)27(33)29-11-6-12-32-17-21(2)15-22(3)18-32/h7,16,21-22,24H,5-6,8-15,17-19H2,1-4H3,(H,29,33)/t21-,22+. The van der Waals surface area contributed by atoms with Gasteiger partial charge in [0.1, 0.15) is 5.76 Å². The van der Waals surface area contributed by atoms with Gasteiger partial charge in [0, 0.05) is 37.7 Å². The normalized spacial score (nSPS) is 25.2. The molecule has 0 aromatic carbocycles. The lowest BCUT2D eigenvalue weighted by Gasteiger charge is -2.35. The van der Waals surface area contributed by atoms with Gasteiger partial charge in [-0.1, -0.05) is 31.6 Å². The zero-order chi connectivity index (χ0) is 24.1. The fourth-order valence-corrected chi connectivity index (χ4v) is 5.94. The molecule has 1 N–H and O–H groups in total. The second-order valence-electron chi connectivity index (χ2n) is 11.1. The number of carbonyl (C=O) groups excluding carboxylic acids is 1. The largest absolute Gasteiger partial charge is 0.441 e. The molecule has 0 spiro atoms. The monoisotopic (exact) mass is 468 g/mol. The molecule has 4 rings (SSSR count). The number of piperidine rings is 2. The van der Waals surface area contributed by atoms with E-state index in [4.69, 9.17) is 9.40 Å². The van der Waals surface area contributed by atoms with E-state index in [-0.39, 0.29) is 11.8 Å². The topological polar surface area (TPSA) is 61.6 Å². The Morgan fingerprint density at radius 3 is 2.59 bits per heavy atom. The third kappa shape index (κ3) is 6.82. The zero-order valence-electron chi connectivity index (χ0n) is 21.7. The van der Waals surface area contributed by atoms with Crippen molar-refractivity contribution in [2.24, 2.45) is 17.8 Å². The minimum atomic E-state index is 0.141. The first-order valence-corrected chi connectivity index (χ1v) is 13.4. The Labute approximate surface area is 205 Å². The summed E-state index contributed by atoms with van der Waals surface area (Å²) in [5.74, 6) is 3.67. The molecule has 1 aromatic rings. The Kier molecular flexibility index (Phi) is 8.65. The maximum Gasteiger partial charge on any atom is 0.223 e. The van der Waals surface area contributed by atoms with Crippen molar-refractivity contribution in [1.82, 2.24) is 20.1 Å². The number of allylic oxidation sites excluding steroid dienone is 4. The van der Waals surface area contributed by atoms with Crippen LogP contribution in [0.15, 0.2) is 22.1 Å². The molecule has 0 radical (unpaired) electrons. The summed E-state index contributed by atoms with van der Waals surface area (Å²) < 4.78 is 6.01. The number of carbonyl (C=O) groups is 1. The molecule has 188 valence electrons. The number of amides is 1. The van der Waals surface area contributed by atoms with Gasteiger partial charge in [-0.25, -0.2) is 4.98 Å². The van der Waals surface area contributed by atoms with Crippen LogP contribution in [-0.4, -0.2) is 60.0 Å². The average molecular weight is 469 g/mol. The summed E-state index contributed by atoms with van der Waals surface area (Å²) in [6.45, 7) is 15.8. The minimum absolute atomic E-state index is 0.141. The van der Waals surface area contributed by atoms with E-state index in [0.717, 1.165) is 94.0 Å². The van der Waals surface area contributed by atoms with Crippen LogP contribution in [0.1, 0.15) is 76.6 Å². The SMILES string of the molecule is CC1=CCCC(c2nc(CN3CCC(C(=O)NCCCN4C[C@H](C)C[C@H](C)C4)CC3)c(C)o2)=C1. The molecule has 0 bridgehead atoms. The molecule has 2 aliphatic heterocycles. The second kappa shape index (κ2) is 11.7. The first-order chi connectivity index (χ1) is 16.4. The van der Waals surface area contributed by atoms with Gasteiger partial charge < -0.3 is 14.6 Å². The number of hydrogen-bond donors (Lipinski definition) is 1. The number of hydrogen-bond acceptors (Lipinski definition) is 5. The van der Waals surface area contributed by atoms with E-state index in [0.29, 0.717) is 0 Å². The molecule has 6 nitrogen and oxygen atoms in total. The van der Waals surface area contributed by atoms with Crippen LogP contribution in [-0.2, 0) is 11.3 Å². The first-order valence-electron chi connectivity index (χ1n) is 13.4. The van der Waals surface area contributed by atoms with Gasteiger partial charge in [0.25, 0.3) is 0 Å². The zero-order valence-corrected chi connectivity index (χ0v) is 21.7. The molecule has 2 fully saturated rings. The lowest BCUT2D eigenvalue weighted by Crippen LogP contribution is -2.42. The van der Waals surface area contributed by atoms with E-state index in [2.05, 4.69) is 48.0 Å². The van der Waals surface area contributed by atoms with Crippen LogP contribution in [0, 0.1) is 24.7 Å². The van der Waals surface area contributed by atoms with Crippen molar-refractivity contribution >= 4 is 11.5 Å². The van der Waals surface area contributed by atoms with Crippen LogP contribution in [0.2, 0.25) is 0 Å². The molecule has 3 heterocycles. The Morgan fingerprint density at radius 1 is 1.15 bits per heavy atom. The van der Waals surface area contributed by atoms with Gasteiger partial charge in [0.15, 0.2) is 0 Å². The van der Waals surface area contributed by atoms with Crippen molar-refractivity contribution in [3.05, 3.63) is 35.1 Å². The molecule has 1 aromatic heterocycles. The smallest absolute Gasteiger partial charge is 0.223 e. The van der Waals surface area contributed by atoms with E-state index < -0.39 is 0 Å². The van der Waals surface area contributed by atoms with Crippen LogP contribution in [0.4, 0.5) is 0 Å². The molecule has 1 aliphatic carbocycles. The minimum Gasteiger partial charge on any atom is -0.441 e. The second-order valence-corrected chi connectivity index (χ2v) is 11.1. The summed E-state index contributed by atoms with van der Waals surface area (Å²) in [5.41, 5.74) is 3.52. The van der Waals surface area contributed by atoms with Crippen LogP contribution in [0.3, 0.4) is 0 Å². The highest BCUT2D eigenvalue weighted by atomic mass is 16.4. The van der Waals surface area contributed by atoms with Crippen LogP contribution >= 0.6 is 0 Å². The lowest BCUT2D eigenvalue weighted by molar-refractivity contribution is -0.126. The number of rotatable bonds is 8. The summed E-state index contributed by atoms with van der Waals surface area (Å²) in [5, 5.41) is 3.21. The van der Waals surface area contributed by atoms with Crippen LogP contribution in [0.5, 0.6) is 0 Å². The maximum atomic E-state index is 12.7. The van der Waals surface area contributed by atoms with E-state index in [1.807, 2.05) is 6.92 Å².